The summed E-state index contributed by atoms with van der Waals surface area (Å²) in [4.78, 5) is 13.4. The number of aromatic nitrogens is 1. The molecule has 2 N–H and O–H groups in total. The second kappa shape index (κ2) is 5.09. The summed E-state index contributed by atoms with van der Waals surface area (Å²) in [6.45, 7) is -0.0126. The van der Waals surface area contributed by atoms with E-state index >= 15 is 0 Å². The third-order valence-electron chi connectivity index (χ3n) is 2.14. The Morgan fingerprint density at radius 2 is 2.22 bits per heavy atom. The van der Waals surface area contributed by atoms with Crippen molar-refractivity contribution in [3.05, 3.63) is 51.2 Å². The Balaban J connectivity index is 2.25. The number of hydrogen-bond donors (Lipinski definition) is 2. The van der Waals surface area contributed by atoms with E-state index in [0.717, 1.165) is 0 Å². The summed E-state index contributed by atoms with van der Waals surface area (Å²) in [6.07, 6.45) is 2.81. The van der Waals surface area contributed by atoms with Gasteiger partial charge in [-0.25, -0.2) is 13.1 Å². The highest BCUT2D eigenvalue weighted by atomic mass is 79.9. The maximum absolute atomic E-state index is 11.9. The molecule has 0 saturated carbocycles. The Kier molecular flexibility index (Phi) is 3.69. The molecule has 8 heteroatoms. The third-order valence-corrected chi connectivity index (χ3v) is 4.00. The van der Waals surface area contributed by atoms with Crippen molar-refractivity contribution in [1.29, 1.82) is 0 Å². The molecular weight excluding hydrogens is 324 g/mol. The number of nitrogens with one attached hydrogen (secondary N) is 2. The van der Waals surface area contributed by atoms with Crippen molar-refractivity contribution < 1.29 is 12.8 Å². The number of rotatable bonds is 4. The van der Waals surface area contributed by atoms with Gasteiger partial charge in [0.15, 0.2) is 0 Å². The lowest BCUT2D eigenvalue weighted by atomic mass is 10.5. The molecule has 96 valence electrons. The van der Waals surface area contributed by atoms with E-state index in [4.69, 9.17) is 4.42 Å². The molecule has 18 heavy (non-hydrogen) atoms. The normalized spacial score (nSPS) is 11.6. The number of pyridine rings is 1. The molecule has 0 fully saturated rings. The van der Waals surface area contributed by atoms with Gasteiger partial charge in [0.1, 0.15) is 10.7 Å². The summed E-state index contributed by atoms with van der Waals surface area (Å²) in [6, 6.07) is 4.52. The molecule has 0 bridgehead atoms. The molecule has 0 atom stereocenters. The first-order chi connectivity index (χ1) is 8.49. The van der Waals surface area contributed by atoms with Crippen LogP contribution in [0.15, 0.2) is 49.2 Å². The molecular formula is C10H9BrN2O4S. The molecule has 0 aliphatic rings. The van der Waals surface area contributed by atoms with Crippen molar-refractivity contribution in [2.75, 3.05) is 0 Å². The summed E-state index contributed by atoms with van der Waals surface area (Å²) >= 11 is 3.10. The number of aromatic amines is 1. The van der Waals surface area contributed by atoms with Crippen LogP contribution >= 0.6 is 15.9 Å². The zero-order valence-corrected chi connectivity index (χ0v) is 11.4. The smallest absolute Gasteiger partial charge is 0.268 e. The predicted molar refractivity (Wildman–Crippen MR) is 67.5 cm³/mol. The van der Waals surface area contributed by atoms with Gasteiger partial charge in [0.05, 0.1) is 12.8 Å². The SMILES string of the molecule is O=c1[nH]cc(Br)cc1S(=O)(=O)NCc1ccco1. The number of halogens is 1. The van der Waals surface area contributed by atoms with Crippen molar-refractivity contribution >= 4 is 26.0 Å². The minimum atomic E-state index is -3.87. The minimum Gasteiger partial charge on any atom is -0.468 e. The molecule has 2 rings (SSSR count). The van der Waals surface area contributed by atoms with E-state index in [9.17, 15) is 13.2 Å². The average molecular weight is 333 g/mol. The van der Waals surface area contributed by atoms with Crippen LogP contribution in [0.2, 0.25) is 0 Å². The molecule has 2 heterocycles. The first-order valence-corrected chi connectivity index (χ1v) is 7.17. The summed E-state index contributed by atoms with van der Waals surface area (Å²) < 4.78 is 31.6. The average Bonchev–Trinajstić information content (AvgIpc) is 2.83. The summed E-state index contributed by atoms with van der Waals surface area (Å²) in [5.41, 5.74) is -0.676. The predicted octanol–water partition coefficient (Wildman–Crippen LogP) is 1.21. The zero-order valence-electron chi connectivity index (χ0n) is 9.01. The third kappa shape index (κ3) is 2.89. The Hall–Kier alpha value is -1.38. The molecule has 0 spiro atoms. The van der Waals surface area contributed by atoms with E-state index in [1.165, 1.54) is 18.5 Å². The lowest BCUT2D eigenvalue weighted by molar-refractivity contribution is 0.498. The Morgan fingerprint density at radius 1 is 1.44 bits per heavy atom. The van der Waals surface area contributed by atoms with Gasteiger partial charge in [0, 0.05) is 10.7 Å². The van der Waals surface area contributed by atoms with Gasteiger partial charge in [-0.3, -0.25) is 4.79 Å². The highest BCUT2D eigenvalue weighted by Crippen LogP contribution is 2.11. The standard InChI is InChI=1S/C10H9BrN2O4S/c11-7-4-9(10(14)12-5-7)18(15,16)13-6-8-2-1-3-17-8/h1-5,13H,6H2,(H,12,14). The fraction of sp³-hybridized carbons (Fsp3) is 0.100. The molecule has 2 aromatic heterocycles. The molecule has 0 aliphatic carbocycles. The van der Waals surface area contributed by atoms with Gasteiger partial charge in [0.25, 0.3) is 5.56 Å². The topological polar surface area (TPSA) is 92.2 Å². The van der Waals surface area contributed by atoms with Crippen LogP contribution in [0.1, 0.15) is 5.76 Å². The van der Waals surface area contributed by atoms with Crippen LogP contribution < -0.4 is 10.3 Å². The molecule has 6 nitrogen and oxygen atoms in total. The van der Waals surface area contributed by atoms with E-state index < -0.39 is 15.6 Å². The second-order valence-electron chi connectivity index (χ2n) is 3.42. The van der Waals surface area contributed by atoms with Crippen molar-refractivity contribution in [3.63, 3.8) is 0 Å². The molecule has 2 aromatic rings. The van der Waals surface area contributed by atoms with Gasteiger partial charge in [-0.2, -0.15) is 0 Å². The molecule has 0 radical (unpaired) electrons. The first-order valence-electron chi connectivity index (χ1n) is 4.89. The molecule has 0 unspecified atom stereocenters. The van der Waals surface area contributed by atoms with Gasteiger partial charge in [-0.1, -0.05) is 0 Å². The van der Waals surface area contributed by atoms with E-state index in [2.05, 4.69) is 25.6 Å². The zero-order chi connectivity index (χ0) is 13.2. The maximum atomic E-state index is 11.9. The van der Waals surface area contributed by atoms with Gasteiger partial charge in [-0.05, 0) is 34.1 Å². The van der Waals surface area contributed by atoms with E-state index in [0.29, 0.717) is 10.2 Å². The second-order valence-corrected chi connectivity index (χ2v) is 6.07. The van der Waals surface area contributed by atoms with Crippen LogP contribution in [-0.2, 0) is 16.6 Å². The fourth-order valence-electron chi connectivity index (χ4n) is 1.29. The largest absolute Gasteiger partial charge is 0.468 e. The Morgan fingerprint density at radius 3 is 2.89 bits per heavy atom. The van der Waals surface area contributed by atoms with Gasteiger partial charge < -0.3 is 9.40 Å². The number of sulfonamides is 1. The van der Waals surface area contributed by atoms with Gasteiger partial charge in [-0.15, -0.1) is 0 Å². The quantitative estimate of drug-likeness (QED) is 0.880. The Bertz CT molecular complexity index is 691. The van der Waals surface area contributed by atoms with Crippen molar-refractivity contribution in [2.45, 2.75) is 11.4 Å². The van der Waals surface area contributed by atoms with Crippen LogP contribution in [0.25, 0.3) is 0 Å². The van der Waals surface area contributed by atoms with Crippen molar-refractivity contribution in [2.24, 2.45) is 0 Å². The molecule has 0 saturated heterocycles. The summed E-state index contributed by atoms with van der Waals surface area (Å²) in [5.74, 6) is 0.463. The van der Waals surface area contributed by atoms with Crippen LogP contribution in [0.3, 0.4) is 0 Å². The van der Waals surface area contributed by atoms with Gasteiger partial charge >= 0.3 is 0 Å². The lowest BCUT2D eigenvalue weighted by Crippen LogP contribution is -2.28. The van der Waals surface area contributed by atoms with Crippen LogP contribution in [0, 0.1) is 0 Å². The number of furan rings is 1. The first kappa shape index (κ1) is 13.1. The number of H-pyrrole nitrogens is 1. The van der Waals surface area contributed by atoms with Gasteiger partial charge in [0.2, 0.25) is 10.0 Å². The monoisotopic (exact) mass is 332 g/mol. The minimum absolute atomic E-state index is 0.0126. The van der Waals surface area contributed by atoms with E-state index in [-0.39, 0.29) is 11.4 Å². The molecule has 0 amide bonds. The van der Waals surface area contributed by atoms with Crippen molar-refractivity contribution in [3.8, 4) is 0 Å². The number of hydrogen-bond acceptors (Lipinski definition) is 4. The summed E-state index contributed by atoms with van der Waals surface area (Å²) in [7, 11) is -3.87. The van der Waals surface area contributed by atoms with E-state index in [1.54, 1.807) is 12.1 Å². The van der Waals surface area contributed by atoms with Crippen molar-refractivity contribution in [1.82, 2.24) is 9.71 Å². The highest BCUT2D eigenvalue weighted by molar-refractivity contribution is 9.10. The van der Waals surface area contributed by atoms with E-state index in [1.807, 2.05) is 0 Å². The van der Waals surface area contributed by atoms with Crippen LogP contribution in [0.4, 0.5) is 0 Å². The highest BCUT2D eigenvalue weighted by Gasteiger charge is 2.18. The van der Waals surface area contributed by atoms with Crippen LogP contribution in [0.5, 0.6) is 0 Å². The molecule has 0 aromatic carbocycles. The van der Waals surface area contributed by atoms with Crippen LogP contribution in [-0.4, -0.2) is 13.4 Å². The lowest BCUT2D eigenvalue weighted by Gasteiger charge is -2.04. The maximum Gasteiger partial charge on any atom is 0.268 e. The fourth-order valence-corrected chi connectivity index (χ4v) is 2.86. The molecule has 0 aliphatic heterocycles. The Labute approximate surface area is 111 Å². The summed E-state index contributed by atoms with van der Waals surface area (Å²) in [5, 5.41) is 0.